The van der Waals surface area contributed by atoms with E-state index in [1.54, 1.807) is 13.0 Å². The zero-order valence-corrected chi connectivity index (χ0v) is 8.44. The van der Waals surface area contributed by atoms with E-state index < -0.39 is 0 Å². The molecule has 3 heteroatoms. The van der Waals surface area contributed by atoms with Crippen LogP contribution in [0.25, 0.3) is 0 Å². The Morgan fingerprint density at radius 2 is 2.29 bits per heavy atom. The Balaban J connectivity index is 2.80. The molecule has 0 spiro atoms. The Morgan fingerprint density at radius 1 is 1.57 bits per heavy atom. The van der Waals surface area contributed by atoms with E-state index in [2.05, 4.69) is 6.07 Å². The average Bonchev–Trinajstić information content (AvgIpc) is 2.17. The van der Waals surface area contributed by atoms with Crippen molar-refractivity contribution >= 4 is 5.69 Å². The molecule has 0 aliphatic rings. The number of hydrogen-bond donors (Lipinski definition) is 1. The molecule has 74 valence electrons. The van der Waals surface area contributed by atoms with E-state index in [0.29, 0.717) is 12.1 Å². The van der Waals surface area contributed by atoms with Crippen molar-refractivity contribution < 1.29 is 5.11 Å². The minimum atomic E-state index is -0.370. The van der Waals surface area contributed by atoms with Crippen molar-refractivity contribution in [3.63, 3.8) is 0 Å². The van der Waals surface area contributed by atoms with Gasteiger partial charge in [-0.3, -0.25) is 0 Å². The van der Waals surface area contributed by atoms with Gasteiger partial charge in [0, 0.05) is 19.3 Å². The van der Waals surface area contributed by atoms with Crippen LogP contribution in [-0.2, 0) is 0 Å². The summed E-state index contributed by atoms with van der Waals surface area (Å²) in [6.07, 6.45) is -0.370. The number of anilines is 1. The van der Waals surface area contributed by atoms with E-state index >= 15 is 0 Å². The van der Waals surface area contributed by atoms with Gasteiger partial charge in [0.25, 0.3) is 0 Å². The number of rotatable bonds is 3. The fraction of sp³-hybridized carbons (Fsp3) is 0.364. The molecular formula is C11H14N2O. The van der Waals surface area contributed by atoms with Crippen molar-refractivity contribution in [3.05, 3.63) is 29.8 Å². The molecule has 0 bridgehead atoms. The van der Waals surface area contributed by atoms with Gasteiger partial charge in [-0.25, -0.2) is 0 Å². The third kappa shape index (κ3) is 2.75. The molecule has 14 heavy (non-hydrogen) atoms. The molecule has 1 aromatic rings. The first-order valence-electron chi connectivity index (χ1n) is 4.53. The van der Waals surface area contributed by atoms with Gasteiger partial charge in [0.15, 0.2) is 0 Å². The number of likely N-dealkylation sites (N-methyl/N-ethyl adjacent to an activating group) is 1. The normalized spacial score (nSPS) is 11.9. The predicted molar refractivity (Wildman–Crippen MR) is 56.1 cm³/mol. The second kappa shape index (κ2) is 4.64. The molecule has 1 aromatic carbocycles. The number of aliphatic hydroxyl groups excluding tert-OH is 1. The Labute approximate surface area is 84.2 Å². The van der Waals surface area contributed by atoms with Crippen molar-refractivity contribution in [2.75, 3.05) is 18.5 Å². The highest BCUT2D eigenvalue weighted by Gasteiger charge is 2.04. The molecule has 0 fully saturated rings. The topological polar surface area (TPSA) is 47.3 Å². The van der Waals surface area contributed by atoms with Gasteiger partial charge in [0.05, 0.1) is 17.7 Å². The zero-order chi connectivity index (χ0) is 10.6. The van der Waals surface area contributed by atoms with E-state index in [1.165, 1.54) is 0 Å². The summed E-state index contributed by atoms with van der Waals surface area (Å²) in [5.41, 5.74) is 1.59. The van der Waals surface area contributed by atoms with Gasteiger partial charge in [0.2, 0.25) is 0 Å². The van der Waals surface area contributed by atoms with Crippen molar-refractivity contribution in [2.24, 2.45) is 0 Å². The molecule has 3 nitrogen and oxygen atoms in total. The number of benzene rings is 1. The number of nitriles is 1. The maximum absolute atomic E-state index is 9.20. The zero-order valence-electron chi connectivity index (χ0n) is 8.44. The first kappa shape index (κ1) is 10.6. The first-order chi connectivity index (χ1) is 6.63. The minimum Gasteiger partial charge on any atom is -0.392 e. The maximum atomic E-state index is 9.20. The molecule has 0 amide bonds. The van der Waals surface area contributed by atoms with Crippen LogP contribution in [0.15, 0.2) is 24.3 Å². The second-order valence-corrected chi connectivity index (χ2v) is 3.39. The molecule has 0 aliphatic heterocycles. The van der Waals surface area contributed by atoms with Crippen LogP contribution in [0.5, 0.6) is 0 Å². The minimum absolute atomic E-state index is 0.370. The van der Waals surface area contributed by atoms with Gasteiger partial charge in [0.1, 0.15) is 0 Å². The molecule has 1 atom stereocenters. The predicted octanol–water partition coefficient (Wildman–Crippen LogP) is 1.38. The quantitative estimate of drug-likeness (QED) is 0.783. The summed E-state index contributed by atoms with van der Waals surface area (Å²) in [4.78, 5) is 1.92. The first-order valence-corrected chi connectivity index (χ1v) is 4.53. The molecule has 0 aromatic heterocycles. The van der Waals surface area contributed by atoms with Gasteiger partial charge in [-0.05, 0) is 25.1 Å². The van der Waals surface area contributed by atoms with Gasteiger partial charge in [-0.15, -0.1) is 0 Å². The summed E-state index contributed by atoms with van der Waals surface area (Å²) < 4.78 is 0. The highest BCUT2D eigenvalue weighted by Crippen LogP contribution is 2.14. The molecule has 0 heterocycles. The van der Waals surface area contributed by atoms with Crippen molar-refractivity contribution in [1.82, 2.24) is 0 Å². The molecule has 1 rings (SSSR count). The van der Waals surface area contributed by atoms with E-state index in [0.717, 1.165) is 5.69 Å². The third-order valence-electron chi connectivity index (χ3n) is 1.95. The fourth-order valence-electron chi connectivity index (χ4n) is 1.31. The van der Waals surface area contributed by atoms with E-state index in [4.69, 9.17) is 5.26 Å². The van der Waals surface area contributed by atoms with Gasteiger partial charge in [-0.2, -0.15) is 5.26 Å². The summed E-state index contributed by atoms with van der Waals surface area (Å²) in [6.45, 7) is 2.31. The van der Waals surface area contributed by atoms with Crippen LogP contribution in [0.3, 0.4) is 0 Å². The Morgan fingerprint density at radius 3 is 2.86 bits per heavy atom. The van der Waals surface area contributed by atoms with Crippen molar-refractivity contribution in [3.8, 4) is 6.07 Å². The van der Waals surface area contributed by atoms with Crippen LogP contribution >= 0.6 is 0 Å². The number of nitrogens with zero attached hydrogens (tertiary/aromatic N) is 2. The lowest BCUT2D eigenvalue weighted by Crippen LogP contribution is -2.26. The van der Waals surface area contributed by atoms with E-state index in [-0.39, 0.29) is 6.10 Å². The van der Waals surface area contributed by atoms with Crippen LogP contribution in [-0.4, -0.2) is 24.8 Å². The largest absolute Gasteiger partial charge is 0.392 e. The fourth-order valence-corrected chi connectivity index (χ4v) is 1.31. The van der Waals surface area contributed by atoms with E-state index in [9.17, 15) is 5.11 Å². The molecule has 0 aliphatic carbocycles. The Hall–Kier alpha value is -1.53. The van der Waals surface area contributed by atoms with Crippen LogP contribution in [0.2, 0.25) is 0 Å². The monoisotopic (exact) mass is 190 g/mol. The Kier molecular flexibility index (Phi) is 3.49. The molecular weight excluding hydrogens is 176 g/mol. The maximum Gasteiger partial charge on any atom is 0.0992 e. The molecule has 0 saturated carbocycles. The highest BCUT2D eigenvalue weighted by atomic mass is 16.3. The Bertz CT molecular complexity index is 341. The molecule has 0 radical (unpaired) electrons. The molecule has 1 N–H and O–H groups in total. The van der Waals surface area contributed by atoms with Gasteiger partial charge in [-0.1, -0.05) is 6.07 Å². The lowest BCUT2D eigenvalue weighted by molar-refractivity contribution is 0.201. The summed E-state index contributed by atoms with van der Waals surface area (Å²) in [7, 11) is 1.89. The highest BCUT2D eigenvalue weighted by molar-refractivity contribution is 5.50. The molecule has 0 unspecified atom stereocenters. The van der Waals surface area contributed by atoms with Crippen LogP contribution in [0, 0.1) is 11.3 Å². The smallest absolute Gasteiger partial charge is 0.0992 e. The van der Waals surface area contributed by atoms with Gasteiger partial charge >= 0.3 is 0 Å². The van der Waals surface area contributed by atoms with Crippen LogP contribution < -0.4 is 4.90 Å². The summed E-state index contributed by atoms with van der Waals surface area (Å²) in [5, 5.41) is 17.9. The molecule has 0 saturated heterocycles. The third-order valence-corrected chi connectivity index (χ3v) is 1.95. The SMILES string of the molecule is C[C@H](O)CN(C)c1cccc(C#N)c1. The van der Waals surface area contributed by atoms with Gasteiger partial charge < -0.3 is 10.0 Å². The number of hydrogen-bond acceptors (Lipinski definition) is 3. The lowest BCUT2D eigenvalue weighted by Gasteiger charge is -2.20. The van der Waals surface area contributed by atoms with E-state index in [1.807, 2.05) is 30.1 Å². The van der Waals surface area contributed by atoms with Crippen molar-refractivity contribution in [1.29, 1.82) is 5.26 Å². The summed E-state index contributed by atoms with van der Waals surface area (Å²) in [5.74, 6) is 0. The van der Waals surface area contributed by atoms with Crippen molar-refractivity contribution in [2.45, 2.75) is 13.0 Å². The summed E-state index contributed by atoms with van der Waals surface area (Å²) in [6, 6.07) is 9.42. The average molecular weight is 190 g/mol. The number of aliphatic hydroxyl groups is 1. The standard InChI is InChI=1S/C11H14N2O/c1-9(14)8-13(2)11-5-3-4-10(6-11)7-12/h3-6,9,14H,8H2,1-2H3/t9-/m0/s1. The summed E-state index contributed by atoms with van der Waals surface area (Å²) >= 11 is 0. The van der Waals surface area contributed by atoms with Crippen LogP contribution in [0.4, 0.5) is 5.69 Å². The lowest BCUT2D eigenvalue weighted by atomic mass is 10.2. The second-order valence-electron chi connectivity index (χ2n) is 3.39. The van der Waals surface area contributed by atoms with Crippen LogP contribution in [0.1, 0.15) is 12.5 Å².